The maximum atomic E-state index is 12.7. The molecule has 5 nitrogen and oxygen atoms in total. The third-order valence-corrected chi connectivity index (χ3v) is 4.56. The number of aryl methyl sites for hydroxylation is 1. The SMILES string of the molecule is COc1ccc(C)cc1NC(=O)C(C)(C)C(=O)NCCc1cccc(Cl)c1. The Hall–Kier alpha value is -2.53. The summed E-state index contributed by atoms with van der Waals surface area (Å²) in [7, 11) is 1.54. The minimum atomic E-state index is -1.23. The van der Waals surface area contributed by atoms with Crippen molar-refractivity contribution in [1.29, 1.82) is 0 Å². The second-order valence-corrected chi connectivity index (χ2v) is 7.36. The number of rotatable bonds is 7. The molecule has 0 aromatic heterocycles. The van der Waals surface area contributed by atoms with Gasteiger partial charge < -0.3 is 15.4 Å². The molecule has 0 atom stereocenters. The number of halogens is 1. The first-order valence-electron chi connectivity index (χ1n) is 8.73. The standard InChI is InChI=1S/C21H25ClN2O3/c1-14-8-9-18(27-4)17(12-14)24-20(26)21(2,3)19(25)23-11-10-15-6-5-7-16(22)13-15/h5-9,12-13H,10-11H2,1-4H3,(H,23,25)(H,24,26). The third-order valence-electron chi connectivity index (χ3n) is 4.33. The Bertz CT molecular complexity index is 834. The quantitative estimate of drug-likeness (QED) is 0.705. The number of amides is 2. The van der Waals surface area contributed by atoms with Crippen LogP contribution >= 0.6 is 11.6 Å². The first-order valence-corrected chi connectivity index (χ1v) is 9.10. The monoisotopic (exact) mass is 388 g/mol. The van der Waals surface area contributed by atoms with Crippen molar-refractivity contribution in [3.63, 3.8) is 0 Å². The van der Waals surface area contributed by atoms with Crippen LogP contribution < -0.4 is 15.4 Å². The van der Waals surface area contributed by atoms with E-state index in [-0.39, 0.29) is 5.91 Å². The molecule has 144 valence electrons. The molecule has 0 spiro atoms. The molecule has 6 heteroatoms. The molecule has 2 aromatic carbocycles. The zero-order chi connectivity index (χ0) is 20.0. The fourth-order valence-electron chi connectivity index (χ4n) is 2.53. The molecule has 0 saturated carbocycles. The molecule has 2 amide bonds. The number of carbonyl (C=O) groups is 2. The second kappa shape index (κ2) is 8.91. The third kappa shape index (κ3) is 5.47. The lowest BCUT2D eigenvalue weighted by Gasteiger charge is -2.23. The van der Waals surface area contributed by atoms with Gasteiger partial charge in [0.05, 0.1) is 12.8 Å². The number of nitrogens with one attached hydrogen (secondary N) is 2. The van der Waals surface area contributed by atoms with Crippen molar-refractivity contribution in [2.75, 3.05) is 19.0 Å². The highest BCUT2D eigenvalue weighted by Crippen LogP contribution is 2.27. The van der Waals surface area contributed by atoms with E-state index in [1.807, 2.05) is 37.3 Å². The van der Waals surface area contributed by atoms with E-state index >= 15 is 0 Å². The fraction of sp³-hybridized carbons (Fsp3) is 0.333. The average Bonchev–Trinajstić information content (AvgIpc) is 2.61. The number of carbonyl (C=O) groups excluding carboxylic acids is 2. The summed E-state index contributed by atoms with van der Waals surface area (Å²) in [6.07, 6.45) is 0.635. The van der Waals surface area contributed by atoms with E-state index in [4.69, 9.17) is 16.3 Å². The maximum Gasteiger partial charge on any atom is 0.239 e. The van der Waals surface area contributed by atoms with Crippen LogP contribution in [0.3, 0.4) is 0 Å². The van der Waals surface area contributed by atoms with Crippen LogP contribution in [0.4, 0.5) is 5.69 Å². The molecule has 0 bridgehead atoms. The predicted octanol–water partition coefficient (Wildman–Crippen LogP) is 3.98. The van der Waals surface area contributed by atoms with Gasteiger partial charge in [0.25, 0.3) is 0 Å². The van der Waals surface area contributed by atoms with Crippen LogP contribution in [0.5, 0.6) is 5.75 Å². The van der Waals surface area contributed by atoms with Gasteiger partial charge in [-0.25, -0.2) is 0 Å². The highest BCUT2D eigenvalue weighted by atomic mass is 35.5. The first kappa shape index (κ1) is 20.8. The van der Waals surface area contributed by atoms with Gasteiger partial charge in [-0.2, -0.15) is 0 Å². The Labute approximate surface area is 165 Å². The van der Waals surface area contributed by atoms with E-state index in [0.29, 0.717) is 29.4 Å². The van der Waals surface area contributed by atoms with Gasteiger partial charge in [-0.3, -0.25) is 9.59 Å². The number of hydrogen-bond acceptors (Lipinski definition) is 3. The lowest BCUT2D eigenvalue weighted by Crippen LogP contribution is -2.45. The molecule has 27 heavy (non-hydrogen) atoms. The molecular weight excluding hydrogens is 364 g/mol. The summed E-state index contributed by atoms with van der Waals surface area (Å²) >= 11 is 5.96. The van der Waals surface area contributed by atoms with Crippen molar-refractivity contribution in [3.05, 3.63) is 58.6 Å². The molecule has 2 aromatic rings. The second-order valence-electron chi connectivity index (χ2n) is 6.92. The normalized spacial score (nSPS) is 11.0. The van der Waals surface area contributed by atoms with Crippen LogP contribution in [0.15, 0.2) is 42.5 Å². The minimum Gasteiger partial charge on any atom is -0.495 e. The summed E-state index contributed by atoms with van der Waals surface area (Å²) < 4.78 is 5.27. The number of methoxy groups -OCH3 is 1. The van der Waals surface area contributed by atoms with Gasteiger partial charge in [-0.1, -0.05) is 29.8 Å². The predicted molar refractivity (Wildman–Crippen MR) is 108 cm³/mol. The topological polar surface area (TPSA) is 67.4 Å². The maximum absolute atomic E-state index is 12.7. The Balaban J connectivity index is 1.98. The van der Waals surface area contributed by atoms with Crippen LogP contribution in [0.1, 0.15) is 25.0 Å². The average molecular weight is 389 g/mol. The number of ether oxygens (including phenoxy) is 1. The van der Waals surface area contributed by atoms with Crippen LogP contribution in [0.25, 0.3) is 0 Å². The smallest absolute Gasteiger partial charge is 0.239 e. The summed E-state index contributed by atoms with van der Waals surface area (Å²) in [5.41, 5.74) is 1.31. The summed E-state index contributed by atoms with van der Waals surface area (Å²) in [6, 6.07) is 13.0. The van der Waals surface area contributed by atoms with E-state index in [1.165, 1.54) is 7.11 Å². The van der Waals surface area contributed by atoms with Crippen LogP contribution in [0, 0.1) is 12.3 Å². The first-order chi connectivity index (χ1) is 12.7. The summed E-state index contributed by atoms with van der Waals surface area (Å²) in [4.78, 5) is 25.2. The summed E-state index contributed by atoms with van der Waals surface area (Å²) in [5.74, 6) is -0.189. The molecule has 0 aliphatic rings. The van der Waals surface area contributed by atoms with Crippen molar-refractivity contribution in [3.8, 4) is 5.75 Å². The summed E-state index contributed by atoms with van der Waals surface area (Å²) in [5, 5.41) is 6.28. The van der Waals surface area contributed by atoms with Gasteiger partial charge in [0.2, 0.25) is 11.8 Å². The summed E-state index contributed by atoms with van der Waals surface area (Å²) in [6.45, 7) is 5.53. The van der Waals surface area contributed by atoms with E-state index in [2.05, 4.69) is 10.6 Å². The van der Waals surface area contributed by atoms with Crippen LogP contribution in [0.2, 0.25) is 5.02 Å². The van der Waals surface area contributed by atoms with Crippen molar-refractivity contribution in [1.82, 2.24) is 5.32 Å². The molecule has 0 radical (unpaired) electrons. The Morgan fingerprint density at radius 3 is 2.52 bits per heavy atom. The van der Waals surface area contributed by atoms with Gasteiger partial charge in [0.1, 0.15) is 11.2 Å². The molecule has 2 N–H and O–H groups in total. The Morgan fingerprint density at radius 1 is 1.11 bits per heavy atom. The van der Waals surface area contributed by atoms with Crippen molar-refractivity contribution < 1.29 is 14.3 Å². The largest absolute Gasteiger partial charge is 0.495 e. The van der Waals surface area contributed by atoms with Gasteiger partial charge >= 0.3 is 0 Å². The van der Waals surface area contributed by atoms with Gasteiger partial charge in [-0.05, 0) is 62.6 Å². The minimum absolute atomic E-state index is 0.339. The van der Waals surface area contributed by atoms with Gasteiger partial charge in [0.15, 0.2) is 0 Å². The number of hydrogen-bond donors (Lipinski definition) is 2. The van der Waals surface area contributed by atoms with E-state index in [0.717, 1.165) is 11.1 Å². The molecule has 2 rings (SSSR count). The Morgan fingerprint density at radius 2 is 1.85 bits per heavy atom. The lowest BCUT2D eigenvalue weighted by atomic mass is 9.90. The van der Waals surface area contributed by atoms with E-state index in [1.54, 1.807) is 26.0 Å². The van der Waals surface area contributed by atoms with E-state index in [9.17, 15) is 9.59 Å². The fourth-order valence-corrected chi connectivity index (χ4v) is 2.75. The Kier molecular flexibility index (Phi) is 6.86. The molecule has 0 heterocycles. The highest BCUT2D eigenvalue weighted by Gasteiger charge is 2.36. The van der Waals surface area contributed by atoms with Crippen LogP contribution in [-0.2, 0) is 16.0 Å². The van der Waals surface area contributed by atoms with Crippen LogP contribution in [-0.4, -0.2) is 25.5 Å². The van der Waals surface area contributed by atoms with Crippen molar-refractivity contribution >= 4 is 29.1 Å². The molecule has 0 aliphatic carbocycles. The van der Waals surface area contributed by atoms with Crippen molar-refractivity contribution in [2.45, 2.75) is 27.2 Å². The zero-order valence-corrected chi connectivity index (χ0v) is 16.8. The molecular formula is C21H25ClN2O3. The van der Waals surface area contributed by atoms with Gasteiger partial charge in [0, 0.05) is 11.6 Å². The number of anilines is 1. The van der Waals surface area contributed by atoms with E-state index < -0.39 is 11.3 Å². The zero-order valence-electron chi connectivity index (χ0n) is 16.1. The lowest BCUT2D eigenvalue weighted by molar-refractivity contribution is -0.138. The highest BCUT2D eigenvalue weighted by molar-refractivity contribution is 6.30. The number of benzene rings is 2. The van der Waals surface area contributed by atoms with Gasteiger partial charge in [-0.15, -0.1) is 0 Å². The van der Waals surface area contributed by atoms with Crippen molar-refractivity contribution in [2.24, 2.45) is 5.41 Å². The molecule has 0 saturated heterocycles. The molecule has 0 fully saturated rings. The molecule has 0 unspecified atom stereocenters. The molecule has 0 aliphatic heterocycles.